The number of hydrogen-bond donors (Lipinski definition) is 1. The molecule has 0 radical (unpaired) electrons. The zero-order valence-corrected chi connectivity index (χ0v) is 10.5. The van der Waals surface area contributed by atoms with Crippen molar-refractivity contribution in [3.05, 3.63) is 35.9 Å². The molecule has 0 spiro atoms. The third-order valence-electron chi connectivity index (χ3n) is 2.37. The molecule has 0 aliphatic rings. The molecule has 0 saturated heterocycles. The van der Waals surface area contributed by atoms with Crippen molar-refractivity contribution in [3.8, 4) is 0 Å². The number of nitrogens with one attached hydrogen (secondary N) is 1. The molecule has 1 atom stereocenters. The van der Waals surface area contributed by atoms with E-state index in [1.807, 2.05) is 44.2 Å². The van der Waals surface area contributed by atoms with Gasteiger partial charge < -0.3 is 0 Å². The van der Waals surface area contributed by atoms with Gasteiger partial charge >= 0.3 is 6.18 Å². The summed E-state index contributed by atoms with van der Waals surface area (Å²) in [6, 6.07) is 9.09. The molecule has 1 rings (SSSR count). The van der Waals surface area contributed by atoms with Gasteiger partial charge in [-0.1, -0.05) is 44.2 Å². The van der Waals surface area contributed by atoms with Crippen LogP contribution < -0.4 is 5.48 Å². The van der Waals surface area contributed by atoms with Gasteiger partial charge in [-0.15, -0.1) is 0 Å². The van der Waals surface area contributed by atoms with E-state index in [0.717, 1.165) is 5.56 Å². The number of hydroxylamine groups is 1. The SMILES string of the molecule is CC(C)CC(NOCC(F)(F)F)c1ccccc1. The van der Waals surface area contributed by atoms with Crippen LogP contribution in [-0.4, -0.2) is 12.8 Å². The fraction of sp³-hybridized carbons (Fsp3) is 0.538. The maximum atomic E-state index is 12.0. The number of benzene rings is 1. The molecular weight excluding hydrogens is 243 g/mol. The summed E-state index contributed by atoms with van der Waals surface area (Å²) in [4.78, 5) is 4.54. The summed E-state index contributed by atoms with van der Waals surface area (Å²) >= 11 is 0. The lowest BCUT2D eigenvalue weighted by molar-refractivity contribution is -0.193. The first-order chi connectivity index (χ1) is 8.38. The van der Waals surface area contributed by atoms with Crippen molar-refractivity contribution < 1.29 is 18.0 Å². The van der Waals surface area contributed by atoms with E-state index in [2.05, 4.69) is 10.3 Å². The average Bonchev–Trinajstić information content (AvgIpc) is 2.27. The molecule has 1 unspecified atom stereocenters. The number of alkyl halides is 3. The van der Waals surface area contributed by atoms with Crippen LogP contribution in [-0.2, 0) is 4.84 Å². The summed E-state index contributed by atoms with van der Waals surface area (Å²) in [5.41, 5.74) is 3.43. The third-order valence-corrected chi connectivity index (χ3v) is 2.37. The highest BCUT2D eigenvalue weighted by Crippen LogP contribution is 2.22. The van der Waals surface area contributed by atoms with Gasteiger partial charge in [-0.2, -0.15) is 18.7 Å². The molecule has 0 heterocycles. The standard InChI is InChI=1S/C13H18F3NO/c1-10(2)8-12(11-6-4-3-5-7-11)17-18-9-13(14,15)16/h3-7,10,12,17H,8-9H2,1-2H3. The molecule has 0 aliphatic heterocycles. The maximum absolute atomic E-state index is 12.0. The first kappa shape index (κ1) is 15.0. The second-order valence-corrected chi connectivity index (χ2v) is 4.61. The van der Waals surface area contributed by atoms with Crippen LogP contribution in [0.2, 0.25) is 0 Å². The van der Waals surface area contributed by atoms with Gasteiger partial charge in [-0.25, -0.2) is 0 Å². The van der Waals surface area contributed by atoms with Crippen molar-refractivity contribution in [2.75, 3.05) is 6.61 Å². The van der Waals surface area contributed by atoms with E-state index >= 15 is 0 Å². The first-order valence-corrected chi connectivity index (χ1v) is 5.87. The fourth-order valence-electron chi connectivity index (χ4n) is 1.63. The van der Waals surface area contributed by atoms with E-state index in [1.54, 1.807) is 0 Å². The minimum Gasteiger partial charge on any atom is -0.292 e. The summed E-state index contributed by atoms with van der Waals surface area (Å²) in [5.74, 6) is 0.359. The number of hydrogen-bond acceptors (Lipinski definition) is 2. The van der Waals surface area contributed by atoms with Crippen molar-refractivity contribution in [2.45, 2.75) is 32.5 Å². The van der Waals surface area contributed by atoms with Crippen molar-refractivity contribution in [1.82, 2.24) is 5.48 Å². The Kier molecular flexibility index (Phi) is 5.62. The van der Waals surface area contributed by atoms with Crippen LogP contribution in [0.15, 0.2) is 30.3 Å². The molecule has 1 aromatic carbocycles. The Bertz CT molecular complexity index is 338. The van der Waals surface area contributed by atoms with Crippen molar-refractivity contribution in [2.24, 2.45) is 5.92 Å². The molecule has 5 heteroatoms. The average molecular weight is 261 g/mol. The lowest BCUT2D eigenvalue weighted by Gasteiger charge is -2.21. The van der Waals surface area contributed by atoms with Gasteiger partial charge in [0.1, 0.15) is 0 Å². The topological polar surface area (TPSA) is 21.3 Å². The molecule has 0 aromatic heterocycles. The second kappa shape index (κ2) is 6.75. The summed E-state index contributed by atoms with van der Waals surface area (Å²) < 4.78 is 36.0. The lowest BCUT2D eigenvalue weighted by Crippen LogP contribution is -2.28. The maximum Gasteiger partial charge on any atom is 0.413 e. The van der Waals surface area contributed by atoms with E-state index in [4.69, 9.17) is 0 Å². The van der Waals surface area contributed by atoms with Crippen molar-refractivity contribution in [1.29, 1.82) is 0 Å². The monoisotopic (exact) mass is 261 g/mol. The van der Waals surface area contributed by atoms with Crippen LogP contribution in [0, 0.1) is 5.92 Å². The fourth-order valence-corrected chi connectivity index (χ4v) is 1.63. The van der Waals surface area contributed by atoms with Crippen LogP contribution in [0.3, 0.4) is 0 Å². The van der Waals surface area contributed by atoms with Gasteiger partial charge in [-0.3, -0.25) is 4.84 Å². The first-order valence-electron chi connectivity index (χ1n) is 5.87. The molecule has 0 amide bonds. The van der Waals surface area contributed by atoms with Gasteiger partial charge in [0.05, 0.1) is 6.04 Å². The zero-order valence-electron chi connectivity index (χ0n) is 10.5. The highest BCUT2D eigenvalue weighted by Gasteiger charge is 2.28. The predicted octanol–water partition coefficient (Wildman–Crippen LogP) is 3.86. The summed E-state index contributed by atoms with van der Waals surface area (Å²) in [6.07, 6.45) is -3.60. The molecule has 2 nitrogen and oxygen atoms in total. The Morgan fingerprint density at radius 2 is 1.78 bits per heavy atom. The lowest BCUT2D eigenvalue weighted by atomic mass is 9.98. The highest BCUT2D eigenvalue weighted by molar-refractivity contribution is 5.18. The molecule has 0 saturated carbocycles. The Morgan fingerprint density at radius 3 is 2.28 bits per heavy atom. The van der Waals surface area contributed by atoms with Crippen LogP contribution in [0.25, 0.3) is 0 Å². The third kappa shape index (κ3) is 6.02. The van der Waals surface area contributed by atoms with E-state index in [-0.39, 0.29) is 6.04 Å². The minimum absolute atomic E-state index is 0.228. The smallest absolute Gasteiger partial charge is 0.292 e. The quantitative estimate of drug-likeness (QED) is 0.785. The molecule has 18 heavy (non-hydrogen) atoms. The van der Waals surface area contributed by atoms with Gasteiger partial charge in [-0.05, 0) is 17.9 Å². The predicted molar refractivity (Wildman–Crippen MR) is 63.8 cm³/mol. The Hall–Kier alpha value is -1.07. The van der Waals surface area contributed by atoms with E-state index in [0.29, 0.717) is 12.3 Å². The molecular formula is C13H18F3NO. The molecule has 1 N–H and O–H groups in total. The second-order valence-electron chi connectivity index (χ2n) is 4.61. The van der Waals surface area contributed by atoms with Crippen LogP contribution in [0.4, 0.5) is 13.2 Å². The summed E-state index contributed by atoms with van der Waals surface area (Å²) in [6.45, 7) is 2.75. The van der Waals surface area contributed by atoms with Gasteiger partial charge in [0.2, 0.25) is 0 Å². The van der Waals surface area contributed by atoms with Crippen LogP contribution >= 0.6 is 0 Å². The largest absolute Gasteiger partial charge is 0.413 e. The Labute approximate surface area is 105 Å². The van der Waals surface area contributed by atoms with E-state index in [1.165, 1.54) is 0 Å². The Morgan fingerprint density at radius 1 is 1.17 bits per heavy atom. The van der Waals surface area contributed by atoms with Crippen molar-refractivity contribution >= 4 is 0 Å². The summed E-state index contributed by atoms with van der Waals surface area (Å²) in [7, 11) is 0. The molecule has 0 bridgehead atoms. The molecule has 1 aromatic rings. The minimum atomic E-state index is -4.31. The van der Waals surface area contributed by atoms with Crippen LogP contribution in [0.5, 0.6) is 0 Å². The molecule has 102 valence electrons. The van der Waals surface area contributed by atoms with E-state index in [9.17, 15) is 13.2 Å². The number of halogens is 3. The van der Waals surface area contributed by atoms with Gasteiger partial charge in [0, 0.05) is 0 Å². The normalized spacial score (nSPS) is 13.9. The van der Waals surface area contributed by atoms with Crippen LogP contribution in [0.1, 0.15) is 31.9 Å². The zero-order chi connectivity index (χ0) is 13.6. The van der Waals surface area contributed by atoms with E-state index < -0.39 is 12.8 Å². The van der Waals surface area contributed by atoms with Gasteiger partial charge in [0.15, 0.2) is 6.61 Å². The molecule has 0 aliphatic carbocycles. The number of rotatable bonds is 6. The summed E-state index contributed by atoms with van der Waals surface area (Å²) in [5, 5.41) is 0. The van der Waals surface area contributed by atoms with Gasteiger partial charge in [0.25, 0.3) is 0 Å². The molecule has 0 fully saturated rings. The van der Waals surface area contributed by atoms with Crippen molar-refractivity contribution in [3.63, 3.8) is 0 Å². The highest BCUT2D eigenvalue weighted by atomic mass is 19.4. The Balaban J connectivity index is 2.57.